The van der Waals surface area contributed by atoms with Crippen LogP contribution in [0.4, 0.5) is 13.2 Å². The van der Waals surface area contributed by atoms with Gasteiger partial charge in [0.15, 0.2) is 0 Å². The van der Waals surface area contributed by atoms with Crippen molar-refractivity contribution in [3.63, 3.8) is 0 Å². The normalized spacial score (nSPS) is 32.8. The molecule has 0 atom stereocenters. The molecule has 1 saturated carbocycles. The fraction of sp³-hybridized carbons (Fsp3) is 0.938. The Balaban J connectivity index is 1.83. The largest absolute Gasteiger partial charge is 0.391 e. The Bertz CT molecular complexity index is 370. The molecule has 2 rings (SSSR count). The van der Waals surface area contributed by atoms with E-state index in [-0.39, 0.29) is 18.3 Å². The number of piperidine rings is 1. The van der Waals surface area contributed by atoms with Crippen molar-refractivity contribution in [2.45, 2.75) is 70.5 Å². The van der Waals surface area contributed by atoms with Gasteiger partial charge in [-0.05, 0) is 63.5 Å². The quantitative estimate of drug-likeness (QED) is 0.766. The number of nitrogens with zero attached hydrogens (tertiary/aromatic N) is 2. The maximum atomic E-state index is 12.7. The van der Waals surface area contributed by atoms with Gasteiger partial charge >= 0.3 is 6.18 Å². The zero-order valence-electron chi connectivity index (χ0n) is 12.8. The first-order valence-corrected chi connectivity index (χ1v) is 8.08. The van der Waals surface area contributed by atoms with E-state index < -0.39 is 12.1 Å². The van der Waals surface area contributed by atoms with E-state index >= 15 is 0 Å². The summed E-state index contributed by atoms with van der Waals surface area (Å²) in [5, 5.41) is 8.97. The molecule has 0 N–H and O–H groups in total. The van der Waals surface area contributed by atoms with Crippen molar-refractivity contribution in [2.75, 3.05) is 13.1 Å². The van der Waals surface area contributed by atoms with Crippen LogP contribution in [0.15, 0.2) is 0 Å². The van der Waals surface area contributed by atoms with E-state index in [4.69, 9.17) is 5.26 Å². The van der Waals surface area contributed by atoms with Gasteiger partial charge in [-0.15, -0.1) is 0 Å². The molecule has 0 aromatic rings. The smallest absolute Gasteiger partial charge is 0.300 e. The van der Waals surface area contributed by atoms with Gasteiger partial charge in [0.05, 0.1) is 12.0 Å². The zero-order valence-corrected chi connectivity index (χ0v) is 12.8. The van der Waals surface area contributed by atoms with Gasteiger partial charge in [0.2, 0.25) is 0 Å². The lowest BCUT2D eigenvalue weighted by molar-refractivity contribution is -0.186. The second kappa shape index (κ2) is 6.56. The molecule has 2 fully saturated rings. The lowest BCUT2D eigenvalue weighted by atomic mass is 9.68. The first-order valence-electron chi connectivity index (χ1n) is 8.08. The molecule has 1 heterocycles. The molecule has 2 nitrogen and oxygen atoms in total. The third kappa shape index (κ3) is 3.91. The van der Waals surface area contributed by atoms with E-state index in [0.717, 1.165) is 32.1 Å². The van der Waals surface area contributed by atoms with Crippen LogP contribution in [0.3, 0.4) is 0 Å². The van der Waals surface area contributed by atoms with Gasteiger partial charge in [-0.3, -0.25) is 0 Å². The van der Waals surface area contributed by atoms with Gasteiger partial charge in [-0.25, -0.2) is 0 Å². The summed E-state index contributed by atoms with van der Waals surface area (Å²) in [7, 11) is 0. The summed E-state index contributed by atoms with van der Waals surface area (Å²) < 4.78 is 38.1. The second-order valence-corrected chi connectivity index (χ2v) is 6.77. The molecular weight excluding hydrogens is 277 g/mol. The van der Waals surface area contributed by atoms with Crippen molar-refractivity contribution in [3.8, 4) is 6.07 Å². The van der Waals surface area contributed by atoms with Crippen molar-refractivity contribution in [3.05, 3.63) is 0 Å². The Morgan fingerprint density at radius 1 is 1.14 bits per heavy atom. The van der Waals surface area contributed by atoms with Crippen molar-refractivity contribution < 1.29 is 13.2 Å². The van der Waals surface area contributed by atoms with Crippen LogP contribution in [0.25, 0.3) is 0 Å². The number of likely N-dealkylation sites (tertiary alicyclic amines) is 1. The average molecular weight is 302 g/mol. The molecular formula is C16H25F3N2. The summed E-state index contributed by atoms with van der Waals surface area (Å²) in [5.41, 5.74) is 0.162. The van der Waals surface area contributed by atoms with Crippen LogP contribution in [-0.4, -0.2) is 30.2 Å². The third-order valence-corrected chi connectivity index (χ3v) is 5.73. The van der Waals surface area contributed by atoms with Crippen molar-refractivity contribution >= 4 is 0 Å². The Kier molecular flexibility index (Phi) is 5.19. The molecule has 0 aromatic heterocycles. The highest BCUT2D eigenvalue weighted by Gasteiger charge is 2.43. The molecule has 2 aliphatic rings. The first kappa shape index (κ1) is 16.6. The number of nitriles is 1. The lowest BCUT2D eigenvalue weighted by Gasteiger charge is -2.44. The molecule has 0 bridgehead atoms. The number of alkyl halides is 3. The second-order valence-electron chi connectivity index (χ2n) is 6.77. The highest BCUT2D eigenvalue weighted by atomic mass is 19.4. The lowest BCUT2D eigenvalue weighted by Crippen LogP contribution is -2.46. The molecule has 0 amide bonds. The van der Waals surface area contributed by atoms with Crippen LogP contribution < -0.4 is 0 Å². The summed E-state index contributed by atoms with van der Waals surface area (Å²) in [6.45, 7) is 3.30. The maximum absolute atomic E-state index is 12.7. The van der Waals surface area contributed by atoms with Gasteiger partial charge in [0, 0.05) is 12.5 Å². The monoisotopic (exact) mass is 302 g/mol. The van der Waals surface area contributed by atoms with Crippen LogP contribution >= 0.6 is 0 Å². The fourth-order valence-electron chi connectivity index (χ4n) is 4.00. The number of hydrogen-bond donors (Lipinski definition) is 0. The van der Waals surface area contributed by atoms with Crippen molar-refractivity contribution in [1.29, 1.82) is 5.26 Å². The number of rotatable bonds is 3. The predicted molar refractivity (Wildman–Crippen MR) is 75.6 cm³/mol. The fourth-order valence-corrected chi connectivity index (χ4v) is 4.00. The maximum Gasteiger partial charge on any atom is 0.391 e. The zero-order chi connectivity index (χ0) is 15.5. The van der Waals surface area contributed by atoms with Crippen molar-refractivity contribution in [2.24, 2.45) is 11.3 Å². The van der Waals surface area contributed by atoms with E-state index in [1.807, 2.05) is 0 Å². The molecule has 21 heavy (non-hydrogen) atoms. The molecule has 0 aromatic carbocycles. The summed E-state index contributed by atoms with van der Waals surface area (Å²) in [6.07, 6.45) is 2.27. The van der Waals surface area contributed by atoms with Crippen LogP contribution in [0.2, 0.25) is 0 Å². The van der Waals surface area contributed by atoms with Crippen molar-refractivity contribution in [1.82, 2.24) is 4.90 Å². The van der Waals surface area contributed by atoms with E-state index in [1.165, 1.54) is 0 Å². The molecule has 0 spiro atoms. The molecule has 1 aliphatic heterocycles. The molecule has 1 aliphatic carbocycles. The topological polar surface area (TPSA) is 27.0 Å². The molecule has 0 radical (unpaired) electrons. The molecule has 120 valence electrons. The minimum absolute atomic E-state index is 0.162. The van der Waals surface area contributed by atoms with E-state index in [0.29, 0.717) is 25.6 Å². The van der Waals surface area contributed by atoms with Crippen LogP contribution in [0, 0.1) is 22.7 Å². The summed E-state index contributed by atoms with van der Waals surface area (Å²) in [6, 6.07) is 2.74. The Hall–Kier alpha value is -0.760. The highest BCUT2D eigenvalue weighted by Crippen LogP contribution is 2.44. The van der Waals surface area contributed by atoms with E-state index in [1.54, 1.807) is 0 Å². The summed E-state index contributed by atoms with van der Waals surface area (Å²) in [5.74, 6) is -1.11. The third-order valence-electron chi connectivity index (χ3n) is 5.73. The number of halogens is 3. The first-order chi connectivity index (χ1) is 9.90. The van der Waals surface area contributed by atoms with Gasteiger partial charge in [-0.1, -0.05) is 6.92 Å². The Labute approximate surface area is 125 Å². The van der Waals surface area contributed by atoms with Crippen LogP contribution in [-0.2, 0) is 0 Å². The van der Waals surface area contributed by atoms with Gasteiger partial charge < -0.3 is 4.90 Å². The predicted octanol–water partition coefficient (Wildman–Crippen LogP) is 4.51. The minimum Gasteiger partial charge on any atom is -0.300 e. The van der Waals surface area contributed by atoms with Gasteiger partial charge in [0.25, 0.3) is 0 Å². The van der Waals surface area contributed by atoms with Crippen LogP contribution in [0.1, 0.15) is 58.3 Å². The molecule has 1 saturated heterocycles. The number of hydrogen-bond acceptors (Lipinski definition) is 2. The summed E-state index contributed by atoms with van der Waals surface area (Å²) in [4.78, 5) is 2.26. The van der Waals surface area contributed by atoms with E-state index in [9.17, 15) is 13.2 Å². The summed E-state index contributed by atoms with van der Waals surface area (Å²) >= 11 is 0. The molecule has 5 heteroatoms. The standard InChI is InChI=1S/C16H25F3N2/c1-2-15(9-10-20)7-3-14(4-8-15)21-11-5-13(6-12-21)16(17,18)19/h13-14H,2-9,11-12H2,1H3. The highest BCUT2D eigenvalue weighted by molar-refractivity contribution is 4.94. The SMILES string of the molecule is CCC1(CC#N)CCC(N2CCC(C(F)(F)F)CC2)CC1. The van der Waals surface area contributed by atoms with Crippen LogP contribution in [0.5, 0.6) is 0 Å². The van der Waals surface area contributed by atoms with Gasteiger partial charge in [0.1, 0.15) is 0 Å². The average Bonchev–Trinajstić information content (AvgIpc) is 2.47. The molecule has 0 unspecified atom stereocenters. The van der Waals surface area contributed by atoms with E-state index in [2.05, 4.69) is 17.9 Å². The minimum atomic E-state index is -4.02. The Morgan fingerprint density at radius 3 is 2.14 bits per heavy atom. The van der Waals surface area contributed by atoms with Gasteiger partial charge in [-0.2, -0.15) is 18.4 Å². The Morgan fingerprint density at radius 2 is 1.71 bits per heavy atom.